The average molecular weight is 310 g/mol. The first kappa shape index (κ1) is 15.9. The molecule has 1 aliphatic carbocycles. The Morgan fingerprint density at radius 2 is 2.04 bits per heavy atom. The van der Waals surface area contributed by atoms with Crippen molar-refractivity contribution in [1.29, 1.82) is 0 Å². The van der Waals surface area contributed by atoms with Crippen molar-refractivity contribution in [1.82, 2.24) is 9.88 Å². The monoisotopic (exact) mass is 310 g/mol. The van der Waals surface area contributed by atoms with E-state index in [-0.39, 0.29) is 5.91 Å². The minimum absolute atomic E-state index is 0.0125. The molecule has 1 unspecified atom stereocenters. The van der Waals surface area contributed by atoms with E-state index >= 15 is 0 Å². The van der Waals surface area contributed by atoms with Gasteiger partial charge in [-0.1, -0.05) is 13.8 Å². The molecule has 1 atom stereocenters. The third-order valence-corrected chi connectivity index (χ3v) is 4.74. The van der Waals surface area contributed by atoms with Gasteiger partial charge in [0.2, 0.25) is 0 Å². The second-order valence-corrected chi connectivity index (χ2v) is 6.74. The summed E-state index contributed by atoms with van der Waals surface area (Å²) >= 11 is 0. The molecule has 2 aromatic rings. The number of amides is 1. The molecule has 0 spiro atoms. The number of rotatable bonds is 4. The lowest BCUT2D eigenvalue weighted by Crippen LogP contribution is -2.23. The Hall–Kier alpha value is -2.03. The number of hydrogen-bond donors (Lipinski definition) is 1. The Balaban J connectivity index is 1.87. The molecular formula is C20H26N2O. The highest BCUT2D eigenvalue weighted by molar-refractivity contribution is 5.94. The predicted octanol–water partition coefficient (Wildman–Crippen LogP) is 4.05. The van der Waals surface area contributed by atoms with Crippen LogP contribution in [0.5, 0.6) is 0 Å². The van der Waals surface area contributed by atoms with Crippen LogP contribution < -0.4 is 5.32 Å². The van der Waals surface area contributed by atoms with Gasteiger partial charge in [0, 0.05) is 29.2 Å². The summed E-state index contributed by atoms with van der Waals surface area (Å²) < 4.78 is 2.36. The van der Waals surface area contributed by atoms with E-state index in [1.165, 1.54) is 29.8 Å². The first-order chi connectivity index (χ1) is 11.1. The largest absolute Gasteiger partial charge is 0.352 e. The van der Waals surface area contributed by atoms with Crippen LogP contribution in [0, 0.1) is 12.8 Å². The van der Waals surface area contributed by atoms with E-state index in [9.17, 15) is 4.79 Å². The number of nitrogens with one attached hydrogen (secondary N) is 1. The van der Waals surface area contributed by atoms with E-state index < -0.39 is 0 Å². The standard InChI is InChI=1S/C20H26N2O/c1-4-11-21-20(23)16-6-8-18(9-7-16)22-15(3)13-17-12-14(2)5-10-19(17)22/h6-9,13-14H,4-5,10-12H2,1-3H3,(H,21,23). The van der Waals surface area contributed by atoms with Crippen molar-refractivity contribution in [2.24, 2.45) is 5.92 Å². The number of aromatic nitrogens is 1. The van der Waals surface area contributed by atoms with Crippen LogP contribution in [0.3, 0.4) is 0 Å². The van der Waals surface area contributed by atoms with Crippen molar-refractivity contribution in [2.45, 2.75) is 46.5 Å². The predicted molar refractivity (Wildman–Crippen MR) is 94.3 cm³/mol. The molecule has 1 amide bonds. The summed E-state index contributed by atoms with van der Waals surface area (Å²) in [6.07, 6.45) is 4.54. The third kappa shape index (κ3) is 3.19. The molecule has 0 saturated carbocycles. The van der Waals surface area contributed by atoms with Gasteiger partial charge in [-0.25, -0.2) is 0 Å². The maximum atomic E-state index is 12.0. The fraction of sp³-hybridized carbons (Fsp3) is 0.450. The van der Waals surface area contributed by atoms with Gasteiger partial charge in [0.15, 0.2) is 0 Å². The number of benzene rings is 1. The quantitative estimate of drug-likeness (QED) is 0.908. The van der Waals surface area contributed by atoms with Gasteiger partial charge in [0.1, 0.15) is 0 Å². The Kier molecular flexibility index (Phi) is 4.56. The fourth-order valence-electron chi connectivity index (χ4n) is 3.53. The van der Waals surface area contributed by atoms with E-state index in [4.69, 9.17) is 0 Å². The van der Waals surface area contributed by atoms with Crippen molar-refractivity contribution in [3.05, 3.63) is 52.8 Å². The van der Waals surface area contributed by atoms with Crippen molar-refractivity contribution in [3.8, 4) is 5.69 Å². The molecule has 0 fully saturated rings. The summed E-state index contributed by atoms with van der Waals surface area (Å²) in [5, 5.41) is 2.92. The highest BCUT2D eigenvalue weighted by atomic mass is 16.1. The molecule has 122 valence electrons. The molecule has 0 aliphatic heterocycles. The van der Waals surface area contributed by atoms with Gasteiger partial charge in [0.25, 0.3) is 5.91 Å². The molecular weight excluding hydrogens is 284 g/mol. The van der Waals surface area contributed by atoms with E-state index in [0.29, 0.717) is 0 Å². The second-order valence-electron chi connectivity index (χ2n) is 6.74. The van der Waals surface area contributed by atoms with Gasteiger partial charge in [0.05, 0.1) is 0 Å². The lowest BCUT2D eigenvalue weighted by Gasteiger charge is -2.21. The first-order valence-electron chi connectivity index (χ1n) is 8.69. The molecule has 1 heterocycles. The summed E-state index contributed by atoms with van der Waals surface area (Å²) in [5.74, 6) is 0.792. The van der Waals surface area contributed by atoms with Crippen LogP contribution in [-0.4, -0.2) is 17.0 Å². The Morgan fingerprint density at radius 1 is 1.30 bits per heavy atom. The number of carbonyl (C=O) groups excluding carboxylic acids is 1. The van der Waals surface area contributed by atoms with Crippen LogP contribution >= 0.6 is 0 Å². The van der Waals surface area contributed by atoms with Gasteiger partial charge < -0.3 is 9.88 Å². The lowest BCUT2D eigenvalue weighted by molar-refractivity contribution is 0.0953. The molecule has 0 bridgehead atoms. The molecule has 3 rings (SSSR count). The Labute approximate surface area is 138 Å². The highest BCUT2D eigenvalue weighted by Gasteiger charge is 2.21. The number of carbonyl (C=O) groups is 1. The van der Waals surface area contributed by atoms with Gasteiger partial charge in [-0.2, -0.15) is 0 Å². The second kappa shape index (κ2) is 6.61. The summed E-state index contributed by atoms with van der Waals surface area (Å²) in [5.41, 5.74) is 6.11. The van der Waals surface area contributed by atoms with Gasteiger partial charge in [-0.15, -0.1) is 0 Å². The molecule has 3 heteroatoms. The smallest absolute Gasteiger partial charge is 0.251 e. The maximum Gasteiger partial charge on any atom is 0.251 e. The van der Waals surface area contributed by atoms with E-state index in [2.05, 4.69) is 48.9 Å². The summed E-state index contributed by atoms with van der Waals surface area (Å²) in [7, 11) is 0. The Bertz CT molecular complexity index is 697. The average Bonchev–Trinajstić information content (AvgIpc) is 2.87. The number of hydrogen-bond acceptors (Lipinski definition) is 1. The van der Waals surface area contributed by atoms with Crippen LogP contribution in [0.2, 0.25) is 0 Å². The van der Waals surface area contributed by atoms with Crippen molar-refractivity contribution < 1.29 is 4.79 Å². The fourth-order valence-corrected chi connectivity index (χ4v) is 3.53. The van der Waals surface area contributed by atoms with Crippen molar-refractivity contribution in [2.75, 3.05) is 6.54 Å². The van der Waals surface area contributed by atoms with Crippen molar-refractivity contribution in [3.63, 3.8) is 0 Å². The molecule has 1 aliphatic rings. The summed E-state index contributed by atoms with van der Waals surface area (Å²) in [4.78, 5) is 12.0. The molecule has 1 N–H and O–H groups in total. The highest BCUT2D eigenvalue weighted by Crippen LogP contribution is 2.30. The SMILES string of the molecule is CCCNC(=O)c1ccc(-n2c(C)cc3c2CCC(C)C3)cc1. The summed E-state index contributed by atoms with van der Waals surface area (Å²) in [6.45, 7) is 7.29. The molecule has 23 heavy (non-hydrogen) atoms. The van der Waals surface area contributed by atoms with E-state index in [1.807, 2.05) is 12.1 Å². The van der Waals surface area contributed by atoms with Crippen LogP contribution in [0.25, 0.3) is 5.69 Å². The zero-order chi connectivity index (χ0) is 16.4. The zero-order valence-corrected chi connectivity index (χ0v) is 14.4. The van der Waals surface area contributed by atoms with Crippen LogP contribution in [-0.2, 0) is 12.8 Å². The molecule has 1 aromatic carbocycles. The maximum absolute atomic E-state index is 12.0. The van der Waals surface area contributed by atoms with Crippen molar-refractivity contribution >= 4 is 5.91 Å². The van der Waals surface area contributed by atoms with Crippen LogP contribution in [0.1, 0.15) is 54.0 Å². The summed E-state index contributed by atoms with van der Waals surface area (Å²) in [6, 6.07) is 10.3. The van der Waals surface area contributed by atoms with Gasteiger partial charge in [-0.05, 0) is 74.4 Å². The zero-order valence-electron chi connectivity index (χ0n) is 14.4. The minimum atomic E-state index is 0.0125. The lowest BCUT2D eigenvalue weighted by atomic mass is 9.89. The minimum Gasteiger partial charge on any atom is -0.352 e. The van der Waals surface area contributed by atoms with Gasteiger partial charge in [-0.3, -0.25) is 4.79 Å². The van der Waals surface area contributed by atoms with E-state index in [1.54, 1.807) is 0 Å². The number of nitrogens with zero attached hydrogens (tertiary/aromatic N) is 1. The van der Waals surface area contributed by atoms with E-state index in [0.717, 1.165) is 36.6 Å². The molecule has 0 radical (unpaired) electrons. The van der Waals surface area contributed by atoms with Crippen LogP contribution in [0.4, 0.5) is 0 Å². The molecule has 0 saturated heterocycles. The Morgan fingerprint density at radius 3 is 2.74 bits per heavy atom. The molecule has 1 aromatic heterocycles. The number of aryl methyl sites for hydroxylation is 1. The molecule has 3 nitrogen and oxygen atoms in total. The third-order valence-electron chi connectivity index (χ3n) is 4.74. The topological polar surface area (TPSA) is 34.0 Å². The first-order valence-corrected chi connectivity index (χ1v) is 8.69. The van der Waals surface area contributed by atoms with Crippen LogP contribution in [0.15, 0.2) is 30.3 Å². The van der Waals surface area contributed by atoms with Gasteiger partial charge >= 0.3 is 0 Å². The number of fused-ring (bicyclic) bond motifs is 1. The normalized spacial score (nSPS) is 16.9.